The first-order valence-electron chi connectivity index (χ1n) is 3.62. The standard InChI is InChI=1S/C9H6BrIS2/c1-12-5-2-7(11)9-6(10)4-13-8(9)3-5/h2-4H,1H3. The molecule has 4 heteroatoms. The summed E-state index contributed by atoms with van der Waals surface area (Å²) in [7, 11) is 0. The Bertz CT molecular complexity index is 450. The molecule has 13 heavy (non-hydrogen) atoms. The van der Waals surface area contributed by atoms with Crippen molar-refractivity contribution in [3.63, 3.8) is 0 Å². The minimum absolute atomic E-state index is 1.21. The van der Waals surface area contributed by atoms with Crippen LogP contribution in [-0.2, 0) is 0 Å². The van der Waals surface area contributed by atoms with Crippen molar-refractivity contribution in [2.75, 3.05) is 6.26 Å². The van der Waals surface area contributed by atoms with E-state index in [4.69, 9.17) is 0 Å². The number of thiophene rings is 1. The van der Waals surface area contributed by atoms with E-state index in [1.54, 1.807) is 23.1 Å². The summed E-state index contributed by atoms with van der Waals surface area (Å²) < 4.78 is 3.90. The Morgan fingerprint density at radius 1 is 1.46 bits per heavy atom. The van der Waals surface area contributed by atoms with Crippen molar-refractivity contribution >= 4 is 71.7 Å². The molecule has 68 valence electrons. The number of hydrogen-bond acceptors (Lipinski definition) is 2. The van der Waals surface area contributed by atoms with Crippen LogP contribution in [0.4, 0.5) is 0 Å². The molecule has 2 aromatic rings. The molecule has 0 N–H and O–H groups in total. The molecule has 0 radical (unpaired) electrons. The zero-order valence-electron chi connectivity index (χ0n) is 6.80. The zero-order chi connectivity index (χ0) is 9.42. The molecule has 0 atom stereocenters. The van der Waals surface area contributed by atoms with Gasteiger partial charge in [0.25, 0.3) is 0 Å². The molecule has 0 spiro atoms. The van der Waals surface area contributed by atoms with Crippen molar-refractivity contribution in [1.29, 1.82) is 0 Å². The third-order valence-electron chi connectivity index (χ3n) is 1.79. The van der Waals surface area contributed by atoms with Crippen LogP contribution in [-0.4, -0.2) is 6.26 Å². The summed E-state index contributed by atoms with van der Waals surface area (Å²) in [5, 5.41) is 3.50. The summed E-state index contributed by atoms with van der Waals surface area (Å²) in [6.07, 6.45) is 2.11. The van der Waals surface area contributed by atoms with Crippen LogP contribution in [0.1, 0.15) is 0 Å². The zero-order valence-corrected chi connectivity index (χ0v) is 12.2. The van der Waals surface area contributed by atoms with Crippen LogP contribution >= 0.6 is 61.6 Å². The smallest absolute Gasteiger partial charge is 0.0376 e. The third kappa shape index (κ3) is 1.91. The van der Waals surface area contributed by atoms with Crippen molar-refractivity contribution in [2.45, 2.75) is 4.90 Å². The second kappa shape index (κ2) is 4.08. The molecule has 0 aliphatic heterocycles. The topological polar surface area (TPSA) is 0 Å². The highest BCUT2D eigenvalue weighted by molar-refractivity contribution is 14.1. The quantitative estimate of drug-likeness (QED) is 0.493. The molecule has 0 saturated heterocycles. The highest BCUT2D eigenvalue weighted by atomic mass is 127. The van der Waals surface area contributed by atoms with Gasteiger partial charge in [-0.05, 0) is 56.9 Å². The minimum atomic E-state index is 1.21. The Morgan fingerprint density at radius 3 is 2.92 bits per heavy atom. The largest absolute Gasteiger partial charge is 0.143 e. The van der Waals surface area contributed by atoms with E-state index in [1.165, 1.54) is 23.0 Å². The first-order chi connectivity index (χ1) is 6.22. The first kappa shape index (κ1) is 10.3. The van der Waals surface area contributed by atoms with Gasteiger partial charge in [0.05, 0.1) is 0 Å². The van der Waals surface area contributed by atoms with Gasteiger partial charge in [-0.25, -0.2) is 0 Å². The van der Waals surface area contributed by atoms with E-state index in [-0.39, 0.29) is 0 Å². The molecule has 1 heterocycles. The molecule has 0 nitrogen and oxygen atoms in total. The summed E-state index contributed by atoms with van der Waals surface area (Å²) in [4.78, 5) is 1.34. The van der Waals surface area contributed by atoms with Gasteiger partial charge in [-0.2, -0.15) is 0 Å². The van der Waals surface area contributed by atoms with Crippen molar-refractivity contribution in [1.82, 2.24) is 0 Å². The van der Waals surface area contributed by atoms with Crippen LogP contribution < -0.4 is 0 Å². The van der Waals surface area contributed by atoms with Gasteiger partial charge in [-0.1, -0.05) is 0 Å². The predicted molar refractivity (Wildman–Crippen MR) is 74.0 cm³/mol. The maximum Gasteiger partial charge on any atom is 0.0376 e. The summed E-state index contributed by atoms with van der Waals surface area (Å²) in [6, 6.07) is 4.47. The SMILES string of the molecule is CSc1cc(I)c2c(Br)csc2c1. The third-order valence-corrected chi connectivity index (χ3v) is 5.21. The van der Waals surface area contributed by atoms with Crippen LogP contribution in [0.15, 0.2) is 26.9 Å². The van der Waals surface area contributed by atoms with E-state index >= 15 is 0 Å². The highest BCUT2D eigenvalue weighted by Gasteiger charge is 2.06. The maximum absolute atomic E-state index is 3.56. The minimum Gasteiger partial charge on any atom is -0.143 e. The fourth-order valence-electron chi connectivity index (χ4n) is 1.17. The fraction of sp³-hybridized carbons (Fsp3) is 0.111. The summed E-state index contributed by atoms with van der Waals surface area (Å²) in [5.74, 6) is 0. The van der Waals surface area contributed by atoms with Crippen LogP contribution in [0.3, 0.4) is 0 Å². The lowest BCUT2D eigenvalue weighted by atomic mass is 10.3. The number of thioether (sulfide) groups is 1. The number of fused-ring (bicyclic) bond motifs is 1. The number of hydrogen-bond donors (Lipinski definition) is 0. The lowest BCUT2D eigenvalue weighted by Crippen LogP contribution is -1.75. The van der Waals surface area contributed by atoms with Crippen LogP contribution in [0.2, 0.25) is 0 Å². The van der Waals surface area contributed by atoms with E-state index in [1.807, 2.05) is 0 Å². The Labute approximate surface area is 107 Å². The molecule has 0 aliphatic carbocycles. The maximum atomic E-state index is 3.56. The number of benzene rings is 1. The summed E-state index contributed by atoms with van der Waals surface area (Å²) in [6.45, 7) is 0. The second-order valence-corrected chi connectivity index (χ2v) is 6.37. The van der Waals surface area contributed by atoms with Gasteiger partial charge in [0, 0.05) is 28.4 Å². The molecule has 0 amide bonds. The average Bonchev–Trinajstić information content (AvgIpc) is 2.48. The molecule has 1 aromatic heterocycles. The molecule has 0 bridgehead atoms. The Morgan fingerprint density at radius 2 is 2.23 bits per heavy atom. The van der Waals surface area contributed by atoms with Gasteiger partial charge in [-0.3, -0.25) is 0 Å². The Kier molecular flexibility index (Phi) is 3.22. The van der Waals surface area contributed by atoms with Crippen LogP contribution in [0, 0.1) is 3.57 Å². The van der Waals surface area contributed by atoms with Gasteiger partial charge in [-0.15, -0.1) is 23.1 Å². The van der Waals surface area contributed by atoms with Gasteiger partial charge in [0.2, 0.25) is 0 Å². The van der Waals surface area contributed by atoms with Crippen molar-refractivity contribution < 1.29 is 0 Å². The normalized spacial score (nSPS) is 11.0. The van der Waals surface area contributed by atoms with Gasteiger partial charge in [0.15, 0.2) is 0 Å². The van der Waals surface area contributed by atoms with E-state index in [2.05, 4.69) is 62.3 Å². The number of rotatable bonds is 1. The monoisotopic (exact) mass is 384 g/mol. The lowest BCUT2D eigenvalue weighted by molar-refractivity contribution is 1.50. The van der Waals surface area contributed by atoms with E-state index < -0.39 is 0 Å². The number of halogens is 2. The molecular weight excluding hydrogens is 379 g/mol. The first-order valence-corrected chi connectivity index (χ1v) is 7.60. The average molecular weight is 385 g/mol. The van der Waals surface area contributed by atoms with Gasteiger partial charge >= 0.3 is 0 Å². The molecular formula is C9H6BrIS2. The van der Waals surface area contributed by atoms with Crippen molar-refractivity contribution in [3.8, 4) is 0 Å². The Balaban J connectivity index is 2.79. The molecule has 1 aromatic carbocycles. The molecule has 0 fully saturated rings. The van der Waals surface area contributed by atoms with E-state index in [0.717, 1.165) is 0 Å². The van der Waals surface area contributed by atoms with Crippen LogP contribution in [0.25, 0.3) is 10.1 Å². The molecule has 0 unspecified atom stereocenters. The Hall–Kier alpha value is 0.740. The fourth-order valence-corrected chi connectivity index (χ4v) is 5.12. The van der Waals surface area contributed by atoms with Crippen molar-refractivity contribution in [2.24, 2.45) is 0 Å². The van der Waals surface area contributed by atoms with E-state index in [9.17, 15) is 0 Å². The highest BCUT2D eigenvalue weighted by Crippen LogP contribution is 2.36. The summed E-state index contributed by atoms with van der Waals surface area (Å²) in [5.41, 5.74) is 0. The molecule has 2 rings (SSSR count). The second-order valence-electron chi connectivity index (χ2n) is 2.57. The predicted octanol–water partition coefficient (Wildman–Crippen LogP) is 4.99. The van der Waals surface area contributed by atoms with Gasteiger partial charge < -0.3 is 0 Å². The molecule has 0 aliphatic rings. The van der Waals surface area contributed by atoms with Crippen molar-refractivity contribution in [3.05, 3.63) is 25.6 Å². The summed E-state index contributed by atoms with van der Waals surface area (Å²) >= 11 is 9.54. The van der Waals surface area contributed by atoms with Gasteiger partial charge in [0.1, 0.15) is 0 Å². The van der Waals surface area contributed by atoms with E-state index in [0.29, 0.717) is 0 Å². The van der Waals surface area contributed by atoms with Crippen LogP contribution in [0.5, 0.6) is 0 Å². The lowest BCUT2D eigenvalue weighted by Gasteiger charge is -1.99. The molecule has 0 saturated carbocycles.